The van der Waals surface area contributed by atoms with E-state index >= 15 is 0 Å². The minimum Gasteiger partial charge on any atom is -0.336 e. The zero-order valence-electron chi connectivity index (χ0n) is 7.71. The molecule has 1 unspecified atom stereocenters. The van der Waals surface area contributed by atoms with Crippen molar-refractivity contribution in [2.45, 2.75) is 6.04 Å². The normalized spacial score (nSPS) is 13.0. The lowest BCUT2D eigenvalue weighted by Gasteiger charge is -2.12. The second-order valence-electron chi connectivity index (χ2n) is 2.90. The van der Waals surface area contributed by atoms with E-state index in [1.54, 1.807) is 29.2 Å². The molecule has 0 saturated carbocycles. The summed E-state index contributed by atoms with van der Waals surface area (Å²) in [5.41, 5.74) is 4.52. The molecule has 0 spiro atoms. The lowest BCUT2D eigenvalue weighted by atomic mass is 10.2. The fourth-order valence-electron chi connectivity index (χ4n) is 1.31. The average molecular weight is 209 g/mol. The van der Waals surface area contributed by atoms with Gasteiger partial charge in [-0.3, -0.25) is 10.8 Å². The summed E-state index contributed by atoms with van der Waals surface area (Å²) in [7, 11) is 1.94. The van der Waals surface area contributed by atoms with Gasteiger partial charge in [0.15, 0.2) is 0 Å². The molecule has 5 nitrogen and oxygen atoms in total. The largest absolute Gasteiger partial charge is 0.336 e. The van der Waals surface area contributed by atoms with Crippen LogP contribution in [-0.2, 0) is 7.05 Å². The fourth-order valence-corrected chi connectivity index (χ4v) is 1.98. The van der Waals surface area contributed by atoms with E-state index in [1.165, 1.54) is 0 Å². The number of nitrogens with one attached hydrogen (secondary N) is 1. The predicted octanol–water partition coefficient (Wildman–Crippen LogP) is 0.429. The van der Waals surface area contributed by atoms with Crippen molar-refractivity contribution in [2.24, 2.45) is 12.9 Å². The quantitative estimate of drug-likeness (QED) is 0.568. The van der Waals surface area contributed by atoms with Crippen molar-refractivity contribution in [1.29, 1.82) is 0 Å². The summed E-state index contributed by atoms with van der Waals surface area (Å²) in [6, 6.07) is -0.0810. The molecule has 0 aromatic carbocycles. The summed E-state index contributed by atoms with van der Waals surface area (Å²) >= 11 is 1.56. The summed E-state index contributed by atoms with van der Waals surface area (Å²) in [6.45, 7) is 0. The topological polar surface area (TPSA) is 68.8 Å². The summed E-state index contributed by atoms with van der Waals surface area (Å²) in [5.74, 6) is 6.39. The van der Waals surface area contributed by atoms with Gasteiger partial charge in [0.25, 0.3) is 0 Å². The van der Waals surface area contributed by atoms with E-state index in [0.29, 0.717) is 0 Å². The Morgan fingerprint density at radius 3 is 3.00 bits per heavy atom. The number of aromatic nitrogens is 3. The number of nitrogens with two attached hydrogens (primary N) is 1. The maximum atomic E-state index is 5.50. The van der Waals surface area contributed by atoms with E-state index < -0.39 is 0 Å². The van der Waals surface area contributed by atoms with Crippen LogP contribution in [-0.4, -0.2) is 14.5 Å². The number of hydrogen-bond acceptors (Lipinski definition) is 5. The van der Waals surface area contributed by atoms with Gasteiger partial charge in [-0.1, -0.05) is 0 Å². The minimum atomic E-state index is -0.0810. The number of rotatable bonds is 3. The first-order valence-corrected chi connectivity index (χ1v) is 5.02. The highest BCUT2D eigenvalue weighted by Crippen LogP contribution is 2.22. The maximum Gasteiger partial charge on any atom is 0.132 e. The molecular formula is C8H11N5S. The van der Waals surface area contributed by atoms with Gasteiger partial charge in [0.1, 0.15) is 11.9 Å². The second kappa shape index (κ2) is 3.87. The average Bonchev–Trinajstić information content (AvgIpc) is 2.80. The van der Waals surface area contributed by atoms with E-state index in [-0.39, 0.29) is 6.04 Å². The lowest BCUT2D eigenvalue weighted by molar-refractivity contribution is 0.587. The van der Waals surface area contributed by atoms with Gasteiger partial charge in [-0.15, -0.1) is 11.3 Å². The maximum absolute atomic E-state index is 5.50. The van der Waals surface area contributed by atoms with Crippen LogP contribution in [0.5, 0.6) is 0 Å². The third-order valence-corrected chi connectivity index (χ3v) is 2.86. The van der Waals surface area contributed by atoms with E-state index in [0.717, 1.165) is 10.7 Å². The zero-order chi connectivity index (χ0) is 9.97. The monoisotopic (exact) mass is 209 g/mol. The SMILES string of the molecule is Cn1ccnc1C(NN)c1cncs1. The van der Waals surface area contributed by atoms with Gasteiger partial charge >= 0.3 is 0 Å². The standard InChI is InChI=1S/C8H11N5S/c1-13-3-2-11-8(13)7(12-9)6-4-10-5-14-6/h2-5,7,12H,9H2,1H3. The highest BCUT2D eigenvalue weighted by atomic mass is 32.1. The Balaban J connectivity index is 2.36. The van der Waals surface area contributed by atoms with Crippen molar-refractivity contribution < 1.29 is 0 Å². The van der Waals surface area contributed by atoms with Crippen LogP contribution in [0.2, 0.25) is 0 Å². The van der Waals surface area contributed by atoms with Crippen molar-refractivity contribution in [2.75, 3.05) is 0 Å². The smallest absolute Gasteiger partial charge is 0.132 e. The molecule has 2 heterocycles. The second-order valence-corrected chi connectivity index (χ2v) is 3.82. The third kappa shape index (κ3) is 1.54. The molecule has 2 aromatic heterocycles. The van der Waals surface area contributed by atoms with Gasteiger partial charge in [-0.25, -0.2) is 10.4 Å². The van der Waals surface area contributed by atoms with E-state index in [2.05, 4.69) is 15.4 Å². The van der Waals surface area contributed by atoms with E-state index in [1.807, 2.05) is 17.8 Å². The molecule has 2 aromatic rings. The molecule has 0 saturated heterocycles. The molecule has 3 N–H and O–H groups in total. The van der Waals surface area contributed by atoms with Crippen LogP contribution in [0, 0.1) is 0 Å². The van der Waals surface area contributed by atoms with Crippen LogP contribution in [0.25, 0.3) is 0 Å². The van der Waals surface area contributed by atoms with Gasteiger partial charge in [0.2, 0.25) is 0 Å². The summed E-state index contributed by atoms with van der Waals surface area (Å²) in [4.78, 5) is 9.32. The summed E-state index contributed by atoms with van der Waals surface area (Å²) < 4.78 is 1.93. The van der Waals surface area contributed by atoms with Gasteiger partial charge in [0.05, 0.1) is 10.4 Å². The zero-order valence-corrected chi connectivity index (χ0v) is 8.53. The highest BCUT2D eigenvalue weighted by molar-refractivity contribution is 7.09. The first-order chi connectivity index (χ1) is 6.83. The van der Waals surface area contributed by atoms with Crippen LogP contribution in [0.4, 0.5) is 0 Å². The number of hydrogen-bond donors (Lipinski definition) is 2. The Morgan fingerprint density at radius 1 is 1.64 bits per heavy atom. The Hall–Kier alpha value is -1.24. The molecule has 0 amide bonds. The molecule has 0 aliphatic carbocycles. The van der Waals surface area contributed by atoms with Crippen molar-refractivity contribution in [3.05, 3.63) is 34.8 Å². The number of aryl methyl sites for hydroxylation is 1. The van der Waals surface area contributed by atoms with E-state index in [9.17, 15) is 0 Å². The highest BCUT2D eigenvalue weighted by Gasteiger charge is 2.17. The van der Waals surface area contributed by atoms with Crippen molar-refractivity contribution in [3.8, 4) is 0 Å². The molecular weight excluding hydrogens is 198 g/mol. The Kier molecular flexibility index (Phi) is 2.58. The lowest BCUT2D eigenvalue weighted by Crippen LogP contribution is -2.30. The van der Waals surface area contributed by atoms with Crippen LogP contribution >= 0.6 is 11.3 Å². The Labute approximate surface area is 85.6 Å². The van der Waals surface area contributed by atoms with Crippen LogP contribution in [0.3, 0.4) is 0 Å². The van der Waals surface area contributed by atoms with Gasteiger partial charge in [-0.05, 0) is 0 Å². The molecule has 6 heteroatoms. The molecule has 0 aliphatic heterocycles. The number of hydrazine groups is 1. The minimum absolute atomic E-state index is 0.0810. The number of nitrogens with zero attached hydrogens (tertiary/aromatic N) is 3. The Morgan fingerprint density at radius 2 is 2.50 bits per heavy atom. The van der Waals surface area contributed by atoms with Crippen LogP contribution in [0.15, 0.2) is 24.1 Å². The Bertz CT molecular complexity index is 394. The fraction of sp³-hybridized carbons (Fsp3) is 0.250. The van der Waals surface area contributed by atoms with Gasteiger partial charge in [-0.2, -0.15) is 0 Å². The van der Waals surface area contributed by atoms with Crippen LogP contribution in [0.1, 0.15) is 16.7 Å². The summed E-state index contributed by atoms with van der Waals surface area (Å²) in [6.07, 6.45) is 5.44. The molecule has 0 aliphatic rings. The molecule has 0 radical (unpaired) electrons. The van der Waals surface area contributed by atoms with Gasteiger partial charge in [0, 0.05) is 25.6 Å². The number of imidazole rings is 1. The molecule has 0 bridgehead atoms. The van der Waals surface area contributed by atoms with E-state index in [4.69, 9.17) is 5.84 Å². The van der Waals surface area contributed by atoms with Crippen LogP contribution < -0.4 is 11.3 Å². The molecule has 1 atom stereocenters. The third-order valence-electron chi connectivity index (χ3n) is 2.02. The first-order valence-electron chi connectivity index (χ1n) is 4.14. The predicted molar refractivity (Wildman–Crippen MR) is 54.5 cm³/mol. The van der Waals surface area contributed by atoms with Crippen molar-refractivity contribution >= 4 is 11.3 Å². The van der Waals surface area contributed by atoms with Crippen molar-refractivity contribution in [1.82, 2.24) is 20.0 Å². The van der Waals surface area contributed by atoms with Gasteiger partial charge < -0.3 is 4.57 Å². The molecule has 14 heavy (non-hydrogen) atoms. The van der Waals surface area contributed by atoms with Crippen molar-refractivity contribution in [3.63, 3.8) is 0 Å². The molecule has 74 valence electrons. The molecule has 0 fully saturated rings. The summed E-state index contributed by atoms with van der Waals surface area (Å²) in [5, 5.41) is 0. The molecule has 2 rings (SSSR count). The number of thiazole rings is 1. The first kappa shape index (κ1) is 9.32.